The van der Waals surface area contributed by atoms with Gasteiger partial charge in [-0.3, -0.25) is 4.79 Å². The normalized spacial score (nSPS) is 29.6. The second-order valence-electron chi connectivity index (χ2n) is 4.01. The minimum Gasteiger partial charge on any atom is -0.345 e. The molecular weight excluding hydrogens is 138 g/mol. The zero-order chi connectivity index (χ0) is 8.65. The zero-order valence-corrected chi connectivity index (χ0v) is 7.85. The summed E-state index contributed by atoms with van der Waals surface area (Å²) >= 11 is 0. The molecule has 64 valence electrons. The van der Waals surface area contributed by atoms with E-state index in [2.05, 4.69) is 6.92 Å². The van der Waals surface area contributed by atoms with Crippen LogP contribution in [0, 0.1) is 11.3 Å². The van der Waals surface area contributed by atoms with Crippen LogP contribution in [0.5, 0.6) is 0 Å². The summed E-state index contributed by atoms with van der Waals surface area (Å²) in [6.07, 6.45) is 1.10. The first-order chi connectivity index (χ1) is 5.00. The maximum absolute atomic E-state index is 11.5. The molecule has 2 heteroatoms. The molecule has 0 aromatic carbocycles. The van der Waals surface area contributed by atoms with E-state index >= 15 is 0 Å². The molecule has 1 atom stereocenters. The SMILES string of the molecule is CCC1CN(C)C(=O)C1(C)C. The van der Waals surface area contributed by atoms with Gasteiger partial charge in [0.05, 0.1) is 0 Å². The van der Waals surface area contributed by atoms with Gasteiger partial charge < -0.3 is 4.90 Å². The molecule has 0 aromatic heterocycles. The predicted octanol–water partition coefficient (Wildman–Crippen LogP) is 1.51. The molecule has 11 heavy (non-hydrogen) atoms. The van der Waals surface area contributed by atoms with Crippen molar-refractivity contribution in [3.63, 3.8) is 0 Å². The van der Waals surface area contributed by atoms with Crippen molar-refractivity contribution in [1.82, 2.24) is 4.90 Å². The molecule has 0 N–H and O–H groups in total. The van der Waals surface area contributed by atoms with Gasteiger partial charge in [0.25, 0.3) is 0 Å². The Hall–Kier alpha value is -0.530. The molecule has 1 heterocycles. The molecule has 1 aliphatic rings. The standard InChI is InChI=1S/C9H17NO/c1-5-7-6-10(4)8(11)9(7,2)3/h7H,5-6H2,1-4H3. The third kappa shape index (κ3) is 1.15. The Balaban J connectivity index is 2.82. The van der Waals surface area contributed by atoms with Gasteiger partial charge in [-0.2, -0.15) is 0 Å². The highest BCUT2D eigenvalue weighted by Crippen LogP contribution is 2.37. The van der Waals surface area contributed by atoms with Crippen LogP contribution in [0.2, 0.25) is 0 Å². The summed E-state index contributed by atoms with van der Waals surface area (Å²) in [5, 5.41) is 0. The lowest BCUT2D eigenvalue weighted by Crippen LogP contribution is -2.29. The van der Waals surface area contributed by atoms with E-state index in [9.17, 15) is 4.79 Å². The Morgan fingerprint density at radius 3 is 2.36 bits per heavy atom. The van der Waals surface area contributed by atoms with Crippen molar-refractivity contribution in [2.45, 2.75) is 27.2 Å². The van der Waals surface area contributed by atoms with Crippen LogP contribution in [-0.4, -0.2) is 24.4 Å². The van der Waals surface area contributed by atoms with Crippen LogP contribution < -0.4 is 0 Å². The minimum absolute atomic E-state index is 0.122. The quantitative estimate of drug-likeness (QED) is 0.562. The van der Waals surface area contributed by atoms with E-state index in [0.717, 1.165) is 13.0 Å². The molecule has 0 bridgehead atoms. The lowest BCUT2D eigenvalue weighted by atomic mass is 9.80. The molecule has 0 aromatic rings. The van der Waals surface area contributed by atoms with Crippen molar-refractivity contribution < 1.29 is 4.79 Å². The predicted molar refractivity (Wildman–Crippen MR) is 45.2 cm³/mol. The second kappa shape index (κ2) is 2.50. The zero-order valence-electron chi connectivity index (χ0n) is 7.85. The summed E-state index contributed by atoms with van der Waals surface area (Å²) in [6, 6.07) is 0. The van der Waals surface area contributed by atoms with Crippen molar-refractivity contribution in [3.8, 4) is 0 Å². The minimum atomic E-state index is -0.122. The molecular formula is C9H17NO. The number of carbonyl (C=O) groups excluding carboxylic acids is 1. The first kappa shape index (κ1) is 8.57. The molecule has 1 fully saturated rings. The fraction of sp³-hybridized carbons (Fsp3) is 0.889. The van der Waals surface area contributed by atoms with E-state index in [1.54, 1.807) is 0 Å². The second-order valence-corrected chi connectivity index (χ2v) is 4.01. The van der Waals surface area contributed by atoms with Gasteiger partial charge in [0.2, 0.25) is 5.91 Å². The van der Waals surface area contributed by atoms with E-state index < -0.39 is 0 Å². The number of carbonyl (C=O) groups is 1. The van der Waals surface area contributed by atoms with E-state index in [0.29, 0.717) is 11.8 Å². The van der Waals surface area contributed by atoms with E-state index in [1.807, 2.05) is 25.8 Å². The summed E-state index contributed by atoms with van der Waals surface area (Å²) in [5.74, 6) is 0.837. The average molecular weight is 155 g/mol. The van der Waals surface area contributed by atoms with Crippen molar-refractivity contribution in [2.75, 3.05) is 13.6 Å². The van der Waals surface area contributed by atoms with Crippen molar-refractivity contribution in [2.24, 2.45) is 11.3 Å². The summed E-state index contributed by atoms with van der Waals surface area (Å²) < 4.78 is 0. The van der Waals surface area contributed by atoms with Crippen molar-refractivity contribution >= 4 is 5.91 Å². The van der Waals surface area contributed by atoms with Crippen LogP contribution in [0.15, 0.2) is 0 Å². The van der Waals surface area contributed by atoms with Crippen molar-refractivity contribution in [3.05, 3.63) is 0 Å². The fourth-order valence-corrected chi connectivity index (χ4v) is 1.95. The molecule has 0 radical (unpaired) electrons. The molecule has 1 aliphatic heterocycles. The Kier molecular flexibility index (Phi) is 1.95. The maximum atomic E-state index is 11.5. The fourth-order valence-electron chi connectivity index (χ4n) is 1.95. The van der Waals surface area contributed by atoms with Gasteiger partial charge in [-0.25, -0.2) is 0 Å². The number of hydrogen-bond donors (Lipinski definition) is 0. The molecule has 2 nitrogen and oxygen atoms in total. The lowest BCUT2D eigenvalue weighted by molar-refractivity contribution is -0.134. The van der Waals surface area contributed by atoms with Gasteiger partial charge in [0, 0.05) is 19.0 Å². The average Bonchev–Trinajstić information content (AvgIpc) is 2.13. The van der Waals surface area contributed by atoms with Gasteiger partial charge in [-0.05, 0) is 5.92 Å². The lowest BCUT2D eigenvalue weighted by Gasteiger charge is -2.21. The van der Waals surface area contributed by atoms with Crippen LogP contribution in [0.25, 0.3) is 0 Å². The van der Waals surface area contributed by atoms with E-state index in [4.69, 9.17) is 0 Å². The third-order valence-electron chi connectivity index (χ3n) is 2.91. The summed E-state index contributed by atoms with van der Waals surface area (Å²) in [7, 11) is 1.89. The Bertz CT molecular complexity index is 174. The third-order valence-corrected chi connectivity index (χ3v) is 2.91. The molecule has 1 unspecified atom stereocenters. The summed E-state index contributed by atoms with van der Waals surface area (Å²) in [4.78, 5) is 13.4. The molecule has 0 spiro atoms. The van der Waals surface area contributed by atoms with Crippen LogP contribution in [-0.2, 0) is 4.79 Å². The Morgan fingerprint density at radius 2 is 2.18 bits per heavy atom. The topological polar surface area (TPSA) is 20.3 Å². The number of amides is 1. The summed E-state index contributed by atoms with van der Waals surface area (Å²) in [6.45, 7) is 7.18. The van der Waals surface area contributed by atoms with Crippen LogP contribution in [0.1, 0.15) is 27.2 Å². The van der Waals surface area contributed by atoms with Crippen LogP contribution in [0.4, 0.5) is 0 Å². The van der Waals surface area contributed by atoms with Gasteiger partial charge in [0.1, 0.15) is 0 Å². The monoisotopic (exact) mass is 155 g/mol. The molecule has 1 amide bonds. The van der Waals surface area contributed by atoms with Crippen LogP contribution >= 0.6 is 0 Å². The van der Waals surface area contributed by atoms with Crippen molar-refractivity contribution in [1.29, 1.82) is 0 Å². The largest absolute Gasteiger partial charge is 0.345 e. The number of rotatable bonds is 1. The van der Waals surface area contributed by atoms with E-state index in [1.165, 1.54) is 0 Å². The van der Waals surface area contributed by atoms with Gasteiger partial charge >= 0.3 is 0 Å². The highest BCUT2D eigenvalue weighted by Gasteiger charge is 2.44. The summed E-state index contributed by atoms with van der Waals surface area (Å²) in [5.41, 5.74) is -0.122. The first-order valence-corrected chi connectivity index (χ1v) is 4.25. The number of hydrogen-bond acceptors (Lipinski definition) is 1. The molecule has 1 rings (SSSR count). The van der Waals surface area contributed by atoms with Gasteiger partial charge in [-0.15, -0.1) is 0 Å². The number of likely N-dealkylation sites (tertiary alicyclic amines) is 1. The highest BCUT2D eigenvalue weighted by atomic mass is 16.2. The van der Waals surface area contributed by atoms with E-state index in [-0.39, 0.29) is 5.41 Å². The van der Waals surface area contributed by atoms with Crippen LogP contribution in [0.3, 0.4) is 0 Å². The smallest absolute Gasteiger partial charge is 0.228 e. The Labute approximate surface area is 68.6 Å². The molecule has 0 saturated carbocycles. The Morgan fingerprint density at radius 1 is 1.64 bits per heavy atom. The maximum Gasteiger partial charge on any atom is 0.228 e. The molecule has 0 aliphatic carbocycles. The van der Waals surface area contributed by atoms with Gasteiger partial charge in [0.15, 0.2) is 0 Å². The molecule has 1 saturated heterocycles. The highest BCUT2D eigenvalue weighted by molar-refractivity contribution is 5.84. The number of nitrogens with zero attached hydrogens (tertiary/aromatic N) is 1. The van der Waals surface area contributed by atoms with Gasteiger partial charge in [-0.1, -0.05) is 27.2 Å². The first-order valence-electron chi connectivity index (χ1n) is 4.25.